The van der Waals surface area contributed by atoms with E-state index in [2.05, 4.69) is 10.3 Å². The highest BCUT2D eigenvalue weighted by molar-refractivity contribution is 5.78. The summed E-state index contributed by atoms with van der Waals surface area (Å²) in [7, 11) is 3.45. The molecule has 27 heavy (non-hydrogen) atoms. The van der Waals surface area contributed by atoms with Crippen molar-refractivity contribution in [3.63, 3.8) is 0 Å². The van der Waals surface area contributed by atoms with Crippen molar-refractivity contribution in [2.24, 2.45) is 7.05 Å². The normalized spacial score (nSPS) is 11.7. The molecule has 6 nitrogen and oxygen atoms in total. The van der Waals surface area contributed by atoms with Gasteiger partial charge in [0.25, 0.3) is 5.91 Å². The van der Waals surface area contributed by atoms with Gasteiger partial charge in [-0.25, -0.2) is 9.37 Å². The highest BCUT2D eigenvalue weighted by Crippen LogP contribution is 2.23. The molecule has 1 heterocycles. The Labute approximate surface area is 156 Å². The standard InChI is InChI=1S/C20H20FN3O3/c1-24-11-10-22-20(24)19(14-6-8-16(26-2)9-7-14)23-18(25)13-27-17-5-3-4-15(21)12-17/h3-12,19H,13H2,1-2H3,(H,23,25)/t19-/m1/s1. The molecule has 140 valence electrons. The van der Waals surface area contributed by atoms with E-state index in [4.69, 9.17) is 9.47 Å². The second-order valence-corrected chi connectivity index (χ2v) is 5.92. The summed E-state index contributed by atoms with van der Waals surface area (Å²) >= 11 is 0. The third kappa shape index (κ3) is 4.63. The van der Waals surface area contributed by atoms with Gasteiger partial charge in [0.1, 0.15) is 29.2 Å². The number of carbonyl (C=O) groups is 1. The molecule has 1 atom stereocenters. The van der Waals surface area contributed by atoms with Crippen LogP contribution in [0, 0.1) is 5.82 Å². The van der Waals surface area contributed by atoms with Crippen LogP contribution in [0.3, 0.4) is 0 Å². The first-order valence-corrected chi connectivity index (χ1v) is 8.35. The summed E-state index contributed by atoms with van der Waals surface area (Å²) in [6.45, 7) is -0.236. The van der Waals surface area contributed by atoms with E-state index in [0.717, 1.165) is 11.3 Å². The average molecular weight is 369 g/mol. The zero-order valence-corrected chi connectivity index (χ0v) is 15.1. The Bertz CT molecular complexity index is 909. The molecule has 0 aliphatic rings. The van der Waals surface area contributed by atoms with Gasteiger partial charge in [-0.1, -0.05) is 18.2 Å². The Morgan fingerprint density at radius 1 is 1.22 bits per heavy atom. The minimum absolute atomic E-state index is 0.236. The maximum atomic E-state index is 13.2. The fraction of sp³-hybridized carbons (Fsp3) is 0.200. The molecular formula is C20H20FN3O3. The van der Waals surface area contributed by atoms with Crippen molar-refractivity contribution in [3.05, 3.63) is 78.1 Å². The van der Waals surface area contributed by atoms with Crippen molar-refractivity contribution < 1.29 is 18.7 Å². The van der Waals surface area contributed by atoms with E-state index >= 15 is 0 Å². The number of aryl methyl sites for hydroxylation is 1. The zero-order chi connectivity index (χ0) is 19.2. The number of imidazole rings is 1. The van der Waals surface area contributed by atoms with Gasteiger partial charge in [-0.05, 0) is 29.8 Å². The van der Waals surface area contributed by atoms with Crippen molar-refractivity contribution in [1.29, 1.82) is 0 Å². The largest absolute Gasteiger partial charge is 0.497 e. The number of nitrogens with zero attached hydrogens (tertiary/aromatic N) is 2. The smallest absolute Gasteiger partial charge is 0.258 e. The van der Waals surface area contributed by atoms with Crippen LogP contribution in [-0.4, -0.2) is 29.2 Å². The SMILES string of the molecule is COc1ccc([C@@H](NC(=O)COc2cccc(F)c2)c2nccn2C)cc1. The summed E-state index contributed by atoms with van der Waals surface area (Å²) in [4.78, 5) is 16.8. The van der Waals surface area contributed by atoms with Crippen molar-refractivity contribution in [3.8, 4) is 11.5 Å². The molecule has 0 unspecified atom stereocenters. The van der Waals surface area contributed by atoms with E-state index in [0.29, 0.717) is 11.6 Å². The molecule has 7 heteroatoms. The van der Waals surface area contributed by atoms with Crippen LogP contribution in [0.1, 0.15) is 17.4 Å². The molecule has 0 aliphatic carbocycles. The second-order valence-electron chi connectivity index (χ2n) is 5.92. The van der Waals surface area contributed by atoms with Crippen LogP contribution in [0.4, 0.5) is 4.39 Å². The van der Waals surface area contributed by atoms with Gasteiger partial charge in [0.15, 0.2) is 6.61 Å². The lowest BCUT2D eigenvalue weighted by Crippen LogP contribution is -2.34. The maximum Gasteiger partial charge on any atom is 0.258 e. The Hall–Kier alpha value is -3.35. The molecule has 3 aromatic rings. The van der Waals surface area contributed by atoms with E-state index in [9.17, 15) is 9.18 Å². The molecule has 1 aromatic heterocycles. The molecule has 1 N–H and O–H groups in total. The predicted molar refractivity (Wildman–Crippen MR) is 98.1 cm³/mol. The minimum Gasteiger partial charge on any atom is -0.497 e. The summed E-state index contributed by atoms with van der Waals surface area (Å²) in [5.41, 5.74) is 0.851. The number of aromatic nitrogens is 2. The molecule has 0 spiro atoms. The van der Waals surface area contributed by atoms with Gasteiger partial charge in [0.2, 0.25) is 0 Å². The Balaban J connectivity index is 1.74. The van der Waals surface area contributed by atoms with E-state index in [1.54, 1.807) is 25.6 Å². The van der Waals surface area contributed by atoms with Crippen LogP contribution < -0.4 is 14.8 Å². The molecule has 0 fully saturated rings. The fourth-order valence-corrected chi connectivity index (χ4v) is 2.66. The Morgan fingerprint density at radius 2 is 2.00 bits per heavy atom. The number of halogens is 1. The first kappa shape index (κ1) is 18.4. The molecule has 3 rings (SSSR count). The van der Waals surface area contributed by atoms with Crippen molar-refractivity contribution >= 4 is 5.91 Å². The van der Waals surface area contributed by atoms with Gasteiger partial charge < -0.3 is 19.4 Å². The van der Waals surface area contributed by atoms with Crippen molar-refractivity contribution in [2.75, 3.05) is 13.7 Å². The Kier molecular flexibility index (Phi) is 5.71. The number of benzene rings is 2. The molecule has 0 radical (unpaired) electrons. The monoisotopic (exact) mass is 369 g/mol. The number of hydrogen-bond donors (Lipinski definition) is 1. The third-order valence-corrected chi connectivity index (χ3v) is 4.04. The molecule has 2 aromatic carbocycles. The zero-order valence-electron chi connectivity index (χ0n) is 15.1. The van der Waals surface area contributed by atoms with Gasteiger partial charge in [-0.3, -0.25) is 4.79 Å². The molecule has 0 saturated heterocycles. The van der Waals surface area contributed by atoms with Crippen molar-refractivity contribution in [2.45, 2.75) is 6.04 Å². The summed E-state index contributed by atoms with van der Waals surface area (Å²) in [5.74, 6) is 0.931. The lowest BCUT2D eigenvalue weighted by atomic mass is 10.1. The lowest BCUT2D eigenvalue weighted by Gasteiger charge is -2.19. The van der Waals surface area contributed by atoms with Gasteiger partial charge in [-0.15, -0.1) is 0 Å². The van der Waals surface area contributed by atoms with Gasteiger partial charge in [0.05, 0.1) is 7.11 Å². The lowest BCUT2D eigenvalue weighted by molar-refractivity contribution is -0.123. The first-order valence-electron chi connectivity index (χ1n) is 8.35. The van der Waals surface area contributed by atoms with E-state index < -0.39 is 11.9 Å². The Morgan fingerprint density at radius 3 is 2.63 bits per heavy atom. The first-order chi connectivity index (χ1) is 13.1. The predicted octanol–water partition coefficient (Wildman–Crippen LogP) is 2.85. The van der Waals surface area contributed by atoms with Gasteiger partial charge in [0, 0.05) is 25.5 Å². The number of ether oxygens (including phenoxy) is 2. The number of methoxy groups -OCH3 is 1. The van der Waals surface area contributed by atoms with E-state index in [-0.39, 0.29) is 12.5 Å². The number of amides is 1. The molecule has 1 amide bonds. The van der Waals surface area contributed by atoms with Crippen LogP contribution in [0.25, 0.3) is 0 Å². The van der Waals surface area contributed by atoms with Crippen LogP contribution in [0.2, 0.25) is 0 Å². The van der Waals surface area contributed by atoms with Crippen LogP contribution in [0.5, 0.6) is 11.5 Å². The molecule has 0 bridgehead atoms. The molecular weight excluding hydrogens is 349 g/mol. The summed E-state index contributed by atoms with van der Waals surface area (Å²) in [5, 5.41) is 2.92. The highest BCUT2D eigenvalue weighted by atomic mass is 19.1. The number of nitrogens with one attached hydrogen (secondary N) is 1. The van der Waals surface area contributed by atoms with Gasteiger partial charge >= 0.3 is 0 Å². The second kappa shape index (κ2) is 8.35. The summed E-state index contributed by atoms with van der Waals surface area (Å²) in [6.07, 6.45) is 3.47. The van der Waals surface area contributed by atoms with E-state index in [1.807, 2.05) is 35.9 Å². The van der Waals surface area contributed by atoms with Crippen LogP contribution >= 0.6 is 0 Å². The maximum absolute atomic E-state index is 13.2. The highest BCUT2D eigenvalue weighted by Gasteiger charge is 2.21. The van der Waals surface area contributed by atoms with Crippen LogP contribution in [-0.2, 0) is 11.8 Å². The van der Waals surface area contributed by atoms with Gasteiger partial charge in [-0.2, -0.15) is 0 Å². The van der Waals surface area contributed by atoms with E-state index in [1.165, 1.54) is 18.2 Å². The van der Waals surface area contributed by atoms with Crippen molar-refractivity contribution in [1.82, 2.24) is 14.9 Å². The van der Waals surface area contributed by atoms with Crippen LogP contribution in [0.15, 0.2) is 60.9 Å². The minimum atomic E-state index is -0.459. The average Bonchev–Trinajstić information content (AvgIpc) is 3.10. The fourth-order valence-electron chi connectivity index (χ4n) is 2.66. The number of hydrogen-bond acceptors (Lipinski definition) is 4. The summed E-state index contributed by atoms with van der Waals surface area (Å²) in [6, 6.07) is 12.6. The molecule has 0 saturated carbocycles. The summed E-state index contributed by atoms with van der Waals surface area (Å²) < 4.78 is 25.6. The topological polar surface area (TPSA) is 65.4 Å². The molecule has 0 aliphatic heterocycles. The number of rotatable bonds is 7. The quantitative estimate of drug-likeness (QED) is 0.696. The number of carbonyl (C=O) groups excluding carboxylic acids is 1. The third-order valence-electron chi connectivity index (χ3n) is 4.04.